The predicted molar refractivity (Wildman–Crippen MR) is 80.3 cm³/mol. The number of hydrogen-bond acceptors (Lipinski definition) is 2. The van der Waals surface area contributed by atoms with E-state index in [2.05, 4.69) is 50.4 Å². The smallest absolute Gasteiger partial charge is 0.0502 e. The van der Waals surface area contributed by atoms with Gasteiger partial charge in [0.1, 0.15) is 0 Å². The van der Waals surface area contributed by atoms with Crippen LogP contribution in [0.4, 0.5) is 0 Å². The van der Waals surface area contributed by atoms with Gasteiger partial charge in [0.25, 0.3) is 0 Å². The van der Waals surface area contributed by atoms with Crippen LogP contribution < -0.4 is 5.32 Å². The van der Waals surface area contributed by atoms with Crippen molar-refractivity contribution in [3.05, 3.63) is 35.4 Å². The van der Waals surface area contributed by atoms with Crippen molar-refractivity contribution in [3.63, 3.8) is 0 Å². The molecule has 2 rings (SSSR count). The summed E-state index contributed by atoms with van der Waals surface area (Å²) < 4.78 is 5.13. The minimum Gasteiger partial charge on any atom is -0.384 e. The fourth-order valence-corrected chi connectivity index (χ4v) is 2.90. The van der Waals surface area contributed by atoms with Crippen molar-refractivity contribution < 1.29 is 4.74 Å². The molecular weight excluding hydrogens is 234 g/mol. The molecule has 1 saturated carbocycles. The van der Waals surface area contributed by atoms with E-state index in [4.69, 9.17) is 4.74 Å². The summed E-state index contributed by atoms with van der Waals surface area (Å²) in [5, 5.41) is 3.65. The van der Waals surface area contributed by atoms with Crippen molar-refractivity contribution in [2.24, 2.45) is 11.3 Å². The van der Waals surface area contributed by atoms with Gasteiger partial charge in [0.2, 0.25) is 0 Å². The van der Waals surface area contributed by atoms with Crippen LogP contribution in [0.5, 0.6) is 0 Å². The highest BCUT2D eigenvalue weighted by atomic mass is 16.5. The van der Waals surface area contributed by atoms with Crippen molar-refractivity contribution in [3.8, 4) is 0 Å². The molecule has 0 amide bonds. The lowest BCUT2D eigenvalue weighted by atomic mass is 9.96. The summed E-state index contributed by atoms with van der Waals surface area (Å²) in [5.41, 5.74) is 3.29. The number of rotatable bonds is 7. The maximum atomic E-state index is 5.13. The van der Waals surface area contributed by atoms with Crippen LogP contribution in [0.15, 0.2) is 24.3 Å². The Morgan fingerprint density at radius 3 is 2.42 bits per heavy atom. The number of ether oxygens (including phenoxy) is 1. The second-order valence-corrected chi connectivity index (χ2v) is 6.32. The number of hydrogen-bond donors (Lipinski definition) is 1. The average Bonchev–Trinajstić information content (AvgIpc) is 3.03. The van der Waals surface area contributed by atoms with Crippen molar-refractivity contribution in [1.82, 2.24) is 5.32 Å². The van der Waals surface area contributed by atoms with E-state index < -0.39 is 0 Å². The molecule has 0 spiro atoms. The van der Waals surface area contributed by atoms with Crippen LogP contribution in [-0.4, -0.2) is 20.3 Å². The minimum absolute atomic E-state index is 0.502. The van der Waals surface area contributed by atoms with Crippen LogP contribution in [0.25, 0.3) is 0 Å². The molecule has 0 aliphatic heterocycles. The SMILES string of the molecule is CCNC(c1ccc(CCOC)cc1)C1CC1(C)C. The van der Waals surface area contributed by atoms with E-state index in [-0.39, 0.29) is 0 Å². The highest BCUT2D eigenvalue weighted by Crippen LogP contribution is 2.57. The van der Waals surface area contributed by atoms with Gasteiger partial charge in [-0.3, -0.25) is 0 Å². The summed E-state index contributed by atoms with van der Waals surface area (Å²) in [6.45, 7) is 8.76. The number of benzene rings is 1. The van der Waals surface area contributed by atoms with Crippen molar-refractivity contribution >= 4 is 0 Å². The van der Waals surface area contributed by atoms with Gasteiger partial charge in [0.15, 0.2) is 0 Å². The quantitative estimate of drug-likeness (QED) is 0.810. The predicted octanol–water partition coefficient (Wildman–Crippen LogP) is 3.57. The molecule has 19 heavy (non-hydrogen) atoms. The minimum atomic E-state index is 0.502. The lowest BCUT2D eigenvalue weighted by molar-refractivity contribution is 0.202. The van der Waals surface area contributed by atoms with E-state index in [0.717, 1.165) is 25.5 Å². The molecule has 1 aromatic rings. The Balaban J connectivity index is 2.05. The first-order valence-corrected chi connectivity index (χ1v) is 7.39. The molecular formula is C17H27NO. The molecule has 1 N–H and O–H groups in total. The van der Waals surface area contributed by atoms with E-state index in [9.17, 15) is 0 Å². The van der Waals surface area contributed by atoms with E-state index in [0.29, 0.717) is 11.5 Å². The summed E-state index contributed by atoms with van der Waals surface area (Å²) in [6.07, 6.45) is 2.33. The van der Waals surface area contributed by atoms with Gasteiger partial charge in [-0.2, -0.15) is 0 Å². The lowest BCUT2D eigenvalue weighted by Gasteiger charge is -2.20. The molecule has 0 radical (unpaired) electrons. The Labute approximate surface area is 117 Å². The molecule has 2 nitrogen and oxygen atoms in total. The first-order chi connectivity index (χ1) is 9.08. The maximum Gasteiger partial charge on any atom is 0.0502 e. The largest absolute Gasteiger partial charge is 0.384 e. The Morgan fingerprint density at radius 1 is 1.32 bits per heavy atom. The third-order valence-corrected chi connectivity index (χ3v) is 4.35. The van der Waals surface area contributed by atoms with Crippen LogP contribution in [0.3, 0.4) is 0 Å². The number of nitrogens with one attached hydrogen (secondary N) is 1. The fourth-order valence-electron chi connectivity index (χ4n) is 2.90. The Morgan fingerprint density at radius 2 is 1.95 bits per heavy atom. The highest BCUT2D eigenvalue weighted by molar-refractivity contribution is 5.27. The first-order valence-electron chi connectivity index (χ1n) is 7.39. The molecule has 0 saturated heterocycles. The summed E-state index contributed by atoms with van der Waals surface area (Å²) in [5.74, 6) is 0.775. The van der Waals surface area contributed by atoms with Crippen molar-refractivity contribution in [1.29, 1.82) is 0 Å². The molecule has 2 atom stereocenters. The van der Waals surface area contributed by atoms with E-state index in [1.807, 2.05) is 0 Å². The van der Waals surface area contributed by atoms with Gasteiger partial charge in [-0.25, -0.2) is 0 Å². The average molecular weight is 261 g/mol. The van der Waals surface area contributed by atoms with Crippen molar-refractivity contribution in [2.75, 3.05) is 20.3 Å². The van der Waals surface area contributed by atoms with Gasteiger partial charge in [0, 0.05) is 13.2 Å². The molecule has 106 valence electrons. The Kier molecular flexibility index (Phi) is 4.64. The fraction of sp³-hybridized carbons (Fsp3) is 0.647. The zero-order chi connectivity index (χ0) is 13.9. The molecule has 1 aromatic carbocycles. The van der Waals surface area contributed by atoms with Gasteiger partial charge in [-0.05, 0) is 41.8 Å². The Hall–Kier alpha value is -0.860. The molecule has 1 aliphatic rings. The molecule has 0 aromatic heterocycles. The van der Waals surface area contributed by atoms with E-state index in [1.165, 1.54) is 17.5 Å². The summed E-state index contributed by atoms with van der Waals surface area (Å²) >= 11 is 0. The molecule has 0 bridgehead atoms. The first kappa shape index (κ1) is 14.5. The van der Waals surface area contributed by atoms with Gasteiger partial charge in [-0.15, -0.1) is 0 Å². The van der Waals surface area contributed by atoms with E-state index in [1.54, 1.807) is 7.11 Å². The number of methoxy groups -OCH3 is 1. The van der Waals surface area contributed by atoms with Crippen LogP contribution in [-0.2, 0) is 11.2 Å². The van der Waals surface area contributed by atoms with Crippen LogP contribution >= 0.6 is 0 Å². The third kappa shape index (κ3) is 3.58. The van der Waals surface area contributed by atoms with Crippen molar-refractivity contribution in [2.45, 2.75) is 39.7 Å². The standard InChI is InChI=1S/C17H27NO/c1-5-18-16(15-12-17(15,2)3)14-8-6-13(7-9-14)10-11-19-4/h6-9,15-16,18H,5,10-12H2,1-4H3. The van der Waals surface area contributed by atoms with Crippen LogP contribution in [0, 0.1) is 11.3 Å². The summed E-state index contributed by atoms with van der Waals surface area (Å²) in [6, 6.07) is 9.57. The summed E-state index contributed by atoms with van der Waals surface area (Å²) in [4.78, 5) is 0. The molecule has 1 aliphatic carbocycles. The highest BCUT2D eigenvalue weighted by Gasteiger charge is 2.50. The van der Waals surface area contributed by atoms with Gasteiger partial charge in [-0.1, -0.05) is 45.0 Å². The van der Waals surface area contributed by atoms with Gasteiger partial charge in [0.05, 0.1) is 6.61 Å². The van der Waals surface area contributed by atoms with Crippen LogP contribution in [0.2, 0.25) is 0 Å². The normalized spacial score (nSPS) is 22.2. The zero-order valence-corrected chi connectivity index (χ0v) is 12.7. The lowest BCUT2D eigenvalue weighted by Crippen LogP contribution is -2.24. The third-order valence-electron chi connectivity index (χ3n) is 4.35. The second-order valence-electron chi connectivity index (χ2n) is 6.32. The maximum absolute atomic E-state index is 5.13. The molecule has 2 heteroatoms. The zero-order valence-electron chi connectivity index (χ0n) is 12.7. The monoisotopic (exact) mass is 261 g/mol. The summed E-state index contributed by atoms with van der Waals surface area (Å²) in [7, 11) is 1.75. The van der Waals surface area contributed by atoms with Crippen LogP contribution in [0.1, 0.15) is 44.4 Å². The molecule has 1 fully saturated rings. The van der Waals surface area contributed by atoms with Gasteiger partial charge < -0.3 is 10.1 Å². The topological polar surface area (TPSA) is 21.3 Å². The molecule has 0 heterocycles. The Bertz CT molecular complexity index is 396. The van der Waals surface area contributed by atoms with E-state index >= 15 is 0 Å². The van der Waals surface area contributed by atoms with Gasteiger partial charge >= 0.3 is 0 Å². The molecule has 2 unspecified atom stereocenters. The second kappa shape index (κ2) is 6.06.